The number of carbonyl (C=O) groups excluding carboxylic acids is 1. The van der Waals surface area contributed by atoms with Crippen LogP contribution in [-0.4, -0.2) is 23.7 Å². The zero-order valence-corrected chi connectivity index (χ0v) is 12.4. The van der Waals surface area contributed by atoms with Crippen LogP contribution in [0.3, 0.4) is 0 Å². The van der Waals surface area contributed by atoms with Gasteiger partial charge in [-0.15, -0.1) is 11.3 Å². The molecule has 1 atom stereocenters. The maximum absolute atomic E-state index is 11.7. The highest BCUT2D eigenvalue weighted by molar-refractivity contribution is 7.14. The smallest absolute Gasteiger partial charge is 0.338 e. The fourth-order valence-corrected chi connectivity index (χ4v) is 2.05. The van der Waals surface area contributed by atoms with Gasteiger partial charge < -0.3 is 10.4 Å². The first kappa shape index (κ1) is 15.5. The van der Waals surface area contributed by atoms with Gasteiger partial charge in [-0.3, -0.25) is 5.32 Å². The Morgan fingerprint density at radius 1 is 1.42 bits per heavy atom. The van der Waals surface area contributed by atoms with E-state index in [4.69, 9.17) is 5.11 Å². The summed E-state index contributed by atoms with van der Waals surface area (Å²) in [6.45, 7) is 8.94. The van der Waals surface area contributed by atoms with Crippen LogP contribution in [0.1, 0.15) is 38.1 Å². The van der Waals surface area contributed by atoms with E-state index in [2.05, 4.69) is 38.3 Å². The summed E-state index contributed by atoms with van der Waals surface area (Å²) in [6.07, 6.45) is 0. The van der Waals surface area contributed by atoms with Crippen LogP contribution < -0.4 is 10.6 Å². The number of thiophene rings is 1. The summed E-state index contributed by atoms with van der Waals surface area (Å²) >= 11 is 1.19. The Labute approximate surface area is 117 Å². The largest absolute Gasteiger partial charge is 0.478 e. The lowest BCUT2D eigenvalue weighted by atomic mass is 9.82. The summed E-state index contributed by atoms with van der Waals surface area (Å²) < 4.78 is 0. The van der Waals surface area contributed by atoms with Gasteiger partial charge in [0.05, 0.1) is 5.56 Å². The number of amides is 2. The summed E-state index contributed by atoms with van der Waals surface area (Å²) in [5.74, 6) is -0.722. The highest BCUT2D eigenvalue weighted by Crippen LogP contribution is 2.25. The van der Waals surface area contributed by atoms with Gasteiger partial charge in [-0.2, -0.15) is 0 Å². The summed E-state index contributed by atoms with van der Waals surface area (Å²) in [5, 5.41) is 16.2. The number of carbonyl (C=O) groups is 2. The van der Waals surface area contributed by atoms with Crippen molar-refractivity contribution in [2.75, 3.05) is 11.9 Å². The molecular formula is C13H20N2O3S. The fourth-order valence-electron chi connectivity index (χ4n) is 1.27. The van der Waals surface area contributed by atoms with Gasteiger partial charge in [0, 0.05) is 6.54 Å². The molecule has 1 unspecified atom stereocenters. The van der Waals surface area contributed by atoms with E-state index in [0.29, 0.717) is 17.5 Å². The van der Waals surface area contributed by atoms with Gasteiger partial charge in [-0.05, 0) is 22.8 Å². The summed E-state index contributed by atoms with van der Waals surface area (Å²) in [4.78, 5) is 22.6. The molecular weight excluding hydrogens is 264 g/mol. The van der Waals surface area contributed by atoms with E-state index in [0.717, 1.165) is 0 Å². The number of carboxylic acid groups (broad SMARTS) is 1. The molecule has 0 bridgehead atoms. The minimum absolute atomic E-state index is 0.114. The zero-order chi connectivity index (χ0) is 14.6. The van der Waals surface area contributed by atoms with Crippen LogP contribution in [0.2, 0.25) is 0 Å². The molecule has 0 saturated carbocycles. The lowest BCUT2D eigenvalue weighted by Crippen LogP contribution is -2.36. The molecule has 1 aromatic heterocycles. The summed E-state index contributed by atoms with van der Waals surface area (Å²) in [7, 11) is 0. The normalized spacial score (nSPS) is 12.8. The molecule has 2 amide bonds. The second-order valence-electron chi connectivity index (χ2n) is 5.57. The van der Waals surface area contributed by atoms with E-state index in [1.807, 2.05) is 0 Å². The molecule has 0 radical (unpaired) electrons. The number of anilines is 1. The molecule has 5 nitrogen and oxygen atoms in total. The third kappa shape index (κ3) is 4.55. The molecule has 0 aromatic carbocycles. The van der Waals surface area contributed by atoms with Crippen molar-refractivity contribution in [3.8, 4) is 0 Å². The van der Waals surface area contributed by atoms with E-state index in [1.54, 1.807) is 5.38 Å². The zero-order valence-electron chi connectivity index (χ0n) is 11.6. The minimum atomic E-state index is -1.04. The molecule has 0 spiro atoms. The molecule has 0 aliphatic heterocycles. The predicted molar refractivity (Wildman–Crippen MR) is 76.9 cm³/mol. The second kappa shape index (κ2) is 6.06. The van der Waals surface area contributed by atoms with Crippen LogP contribution in [0.25, 0.3) is 0 Å². The number of hydrogen-bond acceptors (Lipinski definition) is 3. The summed E-state index contributed by atoms with van der Waals surface area (Å²) in [6, 6.07) is 1.10. The lowest BCUT2D eigenvalue weighted by molar-refractivity contribution is 0.0698. The topological polar surface area (TPSA) is 78.4 Å². The third-order valence-corrected chi connectivity index (χ3v) is 4.00. The van der Waals surface area contributed by atoms with Gasteiger partial charge in [0.1, 0.15) is 5.00 Å². The molecule has 6 heteroatoms. The van der Waals surface area contributed by atoms with Crippen LogP contribution in [0.4, 0.5) is 9.80 Å². The van der Waals surface area contributed by atoms with E-state index in [-0.39, 0.29) is 17.0 Å². The van der Waals surface area contributed by atoms with Gasteiger partial charge in [-0.25, -0.2) is 9.59 Å². The first-order valence-electron chi connectivity index (χ1n) is 6.07. The predicted octanol–water partition coefficient (Wildman–Crippen LogP) is 3.25. The Hall–Kier alpha value is -1.56. The number of nitrogens with one attached hydrogen (secondary N) is 2. The highest BCUT2D eigenvalue weighted by Gasteiger charge is 2.20. The number of hydrogen-bond donors (Lipinski definition) is 3. The Kier molecular flexibility index (Phi) is 4.94. The number of carboxylic acids is 1. The Balaban J connectivity index is 2.52. The third-order valence-electron chi connectivity index (χ3n) is 3.17. The van der Waals surface area contributed by atoms with Gasteiger partial charge in [0.15, 0.2) is 0 Å². The van der Waals surface area contributed by atoms with Crippen LogP contribution in [-0.2, 0) is 0 Å². The lowest BCUT2D eigenvalue weighted by Gasteiger charge is -2.27. The van der Waals surface area contributed by atoms with Crippen LogP contribution in [0.15, 0.2) is 11.4 Å². The molecule has 1 rings (SSSR count). The standard InChI is InChI=1S/C13H20N2O3S/c1-8(13(2,3)4)7-14-12(18)15-10-9(11(16)17)5-6-19-10/h5-6,8H,7H2,1-4H3,(H,16,17)(H2,14,15,18). The van der Waals surface area contributed by atoms with Gasteiger partial charge in [-0.1, -0.05) is 27.7 Å². The van der Waals surface area contributed by atoms with Crippen LogP contribution >= 0.6 is 11.3 Å². The van der Waals surface area contributed by atoms with Crippen molar-refractivity contribution in [1.82, 2.24) is 5.32 Å². The Morgan fingerprint density at radius 2 is 2.05 bits per heavy atom. The number of rotatable bonds is 4. The molecule has 0 aliphatic rings. The number of urea groups is 1. The summed E-state index contributed by atoms with van der Waals surface area (Å²) in [5.41, 5.74) is 0.228. The van der Waals surface area contributed by atoms with Crippen LogP contribution in [0.5, 0.6) is 0 Å². The fraction of sp³-hybridized carbons (Fsp3) is 0.538. The van der Waals surface area contributed by atoms with Crippen molar-refractivity contribution in [3.63, 3.8) is 0 Å². The monoisotopic (exact) mass is 284 g/mol. The minimum Gasteiger partial charge on any atom is -0.478 e. The SMILES string of the molecule is CC(CNC(=O)Nc1sccc1C(=O)O)C(C)(C)C. The molecule has 0 saturated heterocycles. The molecule has 1 heterocycles. The van der Waals surface area contributed by atoms with Crippen molar-refractivity contribution in [2.45, 2.75) is 27.7 Å². The molecule has 3 N–H and O–H groups in total. The molecule has 1 aromatic rings. The maximum Gasteiger partial charge on any atom is 0.338 e. The van der Waals surface area contributed by atoms with Gasteiger partial charge in [0.25, 0.3) is 0 Å². The van der Waals surface area contributed by atoms with E-state index < -0.39 is 5.97 Å². The average Bonchev–Trinajstić information content (AvgIpc) is 2.72. The van der Waals surface area contributed by atoms with Crippen molar-refractivity contribution in [3.05, 3.63) is 17.0 Å². The second-order valence-corrected chi connectivity index (χ2v) is 6.49. The maximum atomic E-state index is 11.7. The van der Waals surface area contributed by atoms with Crippen LogP contribution in [0, 0.1) is 11.3 Å². The molecule has 19 heavy (non-hydrogen) atoms. The van der Waals surface area contributed by atoms with Crippen molar-refractivity contribution in [2.24, 2.45) is 11.3 Å². The Morgan fingerprint density at radius 3 is 2.58 bits per heavy atom. The number of aromatic carboxylic acids is 1. The van der Waals surface area contributed by atoms with Gasteiger partial charge in [0.2, 0.25) is 0 Å². The van der Waals surface area contributed by atoms with Crippen molar-refractivity contribution >= 4 is 28.3 Å². The molecule has 106 valence electrons. The Bertz CT molecular complexity index is 463. The van der Waals surface area contributed by atoms with E-state index in [1.165, 1.54) is 17.4 Å². The molecule has 0 aliphatic carbocycles. The highest BCUT2D eigenvalue weighted by atomic mass is 32.1. The quantitative estimate of drug-likeness (QED) is 0.794. The average molecular weight is 284 g/mol. The first-order valence-corrected chi connectivity index (χ1v) is 6.95. The van der Waals surface area contributed by atoms with E-state index >= 15 is 0 Å². The van der Waals surface area contributed by atoms with E-state index in [9.17, 15) is 9.59 Å². The van der Waals surface area contributed by atoms with Gasteiger partial charge >= 0.3 is 12.0 Å². The van der Waals surface area contributed by atoms with Crippen molar-refractivity contribution in [1.29, 1.82) is 0 Å². The van der Waals surface area contributed by atoms with Crippen molar-refractivity contribution < 1.29 is 14.7 Å². The first-order chi connectivity index (χ1) is 8.71. The molecule has 0 fully saturated rings.